The fourth-order valence-electron chi connectivity index (χ4n) is 2.36. The quantitative estimate of drug-likeness (QED) is 0.632. The molecule has 1 heterocycles. The van der Waals surface area contributed by atoms with Crippen LogP contribution in [0.25, 0.3) is 0 Å². The van der Waals surface area contributed by atoms with Crippen LogP contribution < -0.4 is 10.2 Å². The second-order valence-corrected chi connectivity index (χ2v) is 6.66. The number of amides is 1. The molecule has 1 atom stereocenters. The summed E-state index contributed by atoms with van der Waals surface area (Å²) in [5.41, 5.74) is -0.642. The number of primary sulfonamides is 1. The second kappa shape index (κ2) is 6.29. The fourth-order valence-corrected chi connectivity index (χ4v) is 3.13. The summed E-state index contributed by atoms with van der Waals surface area (Å²) in [7, 11) is -4.23. The number of ether oxygens (including phenoxy) is 1. The van der Waals surface area contributed by atoms with Crippen LogP contribution in [0.2, 0.25) is 0 Å². The van der Waals surface area contributed by atoms with Gasteiger partial charge in [0.1, 0.15) is 10.7 Å². The molecule has 0 aromatic heterocycles. The summed E-state index contributed by atoms with van der Waals surface area (Å²) in [6, 6.07) is 1.83. The lowest BCUT2D eigenvalue weighted by Crippen LogP contribution is -2.39. The van der Waals surface area contributed by atoms with Crippen molar-refractivity contribution in [1.29, 1.82) is 0 Å². The molecule has 0 unspecified atom stereocenters. The van der Waals surface area contributed by atoms with Gasteiger partial charge in [-0.25, -0.2) is 17.9 Å². The van der Waals surface area contributed by atoms with Gasteiger partial charge in [-0.1, -0.05) is 0 Å². The summed E-state index contributed by atoms with van der Waals surface area (Å²) < 4.78 is 42.1. The minimum atomic E-state index is -4.23. The van der Waals surface area contributed by atoms with Gasteiger partial charge >= 0.3 is 0 Å². The molecular weight excluding hydrogens is 315 g/mol. The van der Waals surface area contributed by atoms with Crippen molar-refractivity contribution < 1.29 is 27.5 Å². The van der Waals surface area contributed by atoms with Gasteiger partial charge in [-0.15, -0.1) is 0 Å². The van der Waals surface area contributed by atoms with Crippen molar-refractivity contribution in [1.82, 2.24) is 0 Å². The Balaban J connectivity index is 2.46. The van der Waals surface area contributed by atoms with Crippen LogP contribution in [0.3, 0.4) is 0 Å². The van der Waals surface area contributed by atoms with Gasteiger partial charge in [-0.2, -0.15) is 5.06 Å². The number of nitrogens with two attached hydrogens (primary N) is 1. The highest BCUT2D eigenvalue weighted by atomic mass is 32.2. The SMILES string of the molecule is Cc1c(F)ccc(S(N)(=O)=O)c1N(O)C(=O)[C@@H]1CCCOC1. The van der Waals surface area contributed by atoms with Crippen molar-refractivity contribution in [2.24, 2.45) is 11.1 Å². The smallest absolute Gasteiger partial charge is 0.256 e. The van der Waals surface area contributed by atoms with Gasteiger partial charge in [-0.05, 0) is 31.9 Å². The Morgan fingerprint density at radius 3 is 2.73 bits per heavy atom. The molecule has 1 aromatic rings. The molecule has 9 heteroatoms. The zero-order valence-electron chi connectivity index (χ0n) is 12.0. The maximum Gasteiger partial charge on any atom is 0.256 e. The lowest BCUT2D eigenvalue weighted by Gasteiger charge is -2.26. The molecule has 1 amide bonds. The Kier molecular flexibility index (Phi) is 4.81. The molecule has 0 spiro atoms. The number of benzene rings is 1. The normalized spacial score (nSPS) is 19.0. The predicted octanol–water partition coefficient (Wildman–Crippen LogP) is 0.930. The number of carbonyl (C=O) groups is 1. The van der Waals surface area contributed by atoms with Crippen LogP contribution in [-0.2, 0) is 19.6 Å². The van der Waals surface area contributed by atoms with E-state index in [-0.39, 0.29) is 17.2 Å². The summed E-state index contributed by atoms with van der Waals surface area (Å²) in [6.07, 6.45) is 1.14. The molecule has 2 rings (SSSR count). The monoisotopic (exact) mass is 332 g/mol. The number of hydrogen-bond acceptors (Lipinski definition) is 5. The van der Waals surface area contributed by atoms with Crippen LogP contribution in [0.1, 0.15) is 18.4 Å². The third-order valence-electron chi connectivity index (χ3n) is 3.56. The standard InChI is InChI=1S/C13H17FN2O5S/c1-8-10(14)4-5-11(22(15,19)20)12(8)16(18)13(17)9-3-2-6-21-7-9/h4-5,9,18H,2-3,6-7H2,1H3,(H2,15,19,20)/t9-/m1/s1. The first-order valence-electron chi connectivity index (χ1n) is 6.66. The van der Waals surface area contributed by atoms with Gasteiger partial charge in [0, 0.05) is 12.2 Å². The van der Waals surface area contributed by atoms with Crippen molar-refractivity contribution in [2.45, 2.75) is 24.7 Å². The molecule has 7 nitrogen and oxygen atoms in total. The Bertz CT molecular complexity index is 686. The van der Waals surface area contributed by atoms with Crippen LogP contribution >= 0.6 is 0 Å². The van der Waals surface area contributed by atoms with E-state index < -0.39 is 38.2 Å². The van der Waals surface area contributed by atoms with E-state index in [4.69, 9.17) is 9.88 Å². The van der Waals surface area contributed by atoms with Gasteiger partial charge in [-0.3, -0.25) is 10.0 Å². The number of nitrogens with zero attached hydrogens (tertiary/aromatic N) is 1. The number of halogens is 1. The number of anilines is 1. The van der Waals surface area contributed by atoms with Crippen LogP contribution in [0.4, 0.5) is 10.1 Å². The highest BCUT2D eigenvalue weighted by Gasteiger charge is 2.31. The summed E-state index contributed by atoms with van der Waals surface area (Å²) in [4.78, 5) is 11.8. The Morgan fingerprint density at radius 2 is 2.18 bits per heavy atom. The second-order valence-electron chi connectivity index (χ2n) is 5.13. The summed E-state index contributed by atoms with van der Waals surface area (Å²) in [5.74, 6) is -2.12. The van der Waals surface area contributed by atoms with E-state index in [1.54, 1.807) is 0 Å². The number of rotatable bonds is 3. The summed E-state index contributed by atoms with van der Waals surface area (Å²) in [5, 5.41) is 15.4. The van der Waals surface area contributed by atoms with Crippen molar-refractivity contribution in [3.63, 3.8) is 0 Å². The largest absolute Gasteiger partial charge is 0.381 e. The number of sulfonamides is 1. The number of hydroxylamine groups is 1. The van der Waals surface area contributed by atoms with Crippen molar-refractivity contribution >= 4 is 21.6 Å². The van der Waals surface area contributed by atoms with Crippen LogP contribution in [0.15, 0.2) is 17.0 Å². The average molecular weight is 332 g/mol. The minimum absolute atomic E-state index is 0.120. The predicted molar refractivity (Wildman–Crippen MR) is 75.3 cm³/mol. The van der Waals surface area contributed by atoms with E-state index in [1.807, 2.05) is 0 Å². The molecule has 1 aromatic carbocycles. The molecule has 1 aliphatic heterocycles. The molecule has 0 radical (unpaired) electrons. The van der Waals surface area contributed by atoms with Crippen molar-refractivity contribution in [3.8, 4) is 0 Å². The first-order valence-corrected chi connectivity index (χ1v) is 8.20. The molecule has 0 bridgehead atoms. The highest BCUT2D eigenvalue weighted by molar-refractivity contribution is 7.89. The maximum atomic E-state index is 13.7. The Hall–Kier alpha value is -1.55. The van der Waals surface area contributed by atoms with Crippen LogP contribution in [0.5, 0.6) is 0 Å². The van der Waals surface area contributed by atoms with E-state index in [0.717, 1.165) is 12.1 Å². The molecule has 1 fully saturated rings. The zero-order chi connectivity index (χ0) is 16.5. The molecule has 1 saturated heterocycles. The molecule has 3 N–H and O–H groups in total. The van der Waals surface area contributed by atoms with Gasteiger partial charge < -0.3 is 4.74 Å². The Labute approximate surface area is 127 Å². The first-order chi connectivity index (χ1) is 10.2. The van der Waals surface area contributed by atoms with Crippen molar-refractivity contribution in [2.75, 3.05) is 18.3 Å². The van der Waals surface area contributed by atoms with E-state index in [9.17, 15) is 22.8 Å². The third-order valence-corrected chi connectivity index (χ3v) is 4.51. The van der Waals surface area contributed by atoms with Gasteiger partial charge in [0.25, 0.3) is 5.91 Å². The van der Waals surface area contributed by atoms with Crippen molar-refractivity contribution in [3.05, 3.63) is 23.5 Å². The minimum Gasteiger partial charge on any atom is -0.381 e. The van der Waals surface area contributed by atoms with Gasteiger partial charge in [0.05, 0.1) is 18.2 Å². The fraction of sp³-hybridized carbons (Fsp3) is 0.462. The molecule has 1 aliphatic rings. The van der Waals surface area contributed by atoms with E-state index in [2.05, 4.69) is 0 Å². The first kappa shape index (κ1) is 16.8. The maximum absolute atomic E-state index is 13.7. The lowest BCUT2D eigenvalue weighted by atomic mass is 10.0. The molecule has 0 aliphatic carbocycles. The third kappa shape index (κ3) is 3.27. The topological polar surface area (TPSA) is 110 Å². The zero-order valence-corrected chi connectivity index (χ0v) is 12.8. The van der Waals surface area contributed by atoms with E-state index in [0.29, 0.717) is 19.4 Å². The molecular formula is C13H17FN2O5S. The Morgan fingerprint density at radius 1 is 1.50 bits per heavy atom. The average Bonchev–Trinajstić information content (AvgIpc) is 2.48. The van der Waals surface area contributed by atoms with E-state index in [1.165, 1.54) is 6.92 Å². The van der Waals surface area contributed by atoms with Gasteiger partial charge in [0.2, 0.25) is 10.0 Å². The van der Waals surface area contributed by atoms with Gasteiger partial charge in [0.15, 0.2) is 0 Å². The summed E-state index contributed by atoms with van der Waals surface area (Å²) >= 11 is 0. The van der Waals surface area contributed by atoms with Crippen LogP contribution in [-0.4, -0.2) is 32.7 Å². The van der Waals surface area contributed by atoms with Crippen LogP contribution in [0, 0.1) is 18.7 Å². The lowest BCUT2D eigenvalue weighted by molar-refractivity contribution is -0.131. The summed E-state index contributed by atoms with van der Waals surface area (Å²) in [6.45, 7) is 1.90. The molecule has 22 heavy (non-hydrogen) atoms. The molecule has 122 valence electrons. The molecule has 0 saturated carbocycles. The number of carbonyl (C=O) groups excluding carboxylic acids is 1. The number of hydrogen-bond donors (Lipinski definition) is 2. The van der Waals surface area contributed by atoms with E-state index >= 15 is 0 Å². The highest BCUT2D eigenvalue weighted by Crippen LogP contribution is 2.31.